The first-order valence-corrected chi connectivity index (χ1v) is 1.95. The van der Waals surface area contributed by atoms with Gasteiger partial charge in [0.15, 0.2) is 17.4 Å². The third-order valence-electron chi connectivity index (χ3n) is 0. The average Bonchev–Trinajstić information content (AvgIpc) is 0.811. The molecule has 0 aliphatic carbocycles. The average molecular weight is 322 g/mol. The van der Waals surface area contributed by atoms with E-state index in [2.05, 4.69) is 0 Å². The van der Waals surface area contributed by atoms with Crippen molar-refractivity contribution in [1.82, 2.24) is 0 Å². The molecule has 10 heavy (non-hydrogen) atoms. The van der Waals surface area contributed by atoms with Gasteiger partial charge >= 0.3 is 173 Å². The molecule has 0 aliphatic rings. The standard InChI is InChI=1S/Al.Ca.K.Na.H2O3Si.H2O.Sr.9H/c;;;;1-4(2)3;;;;;;;;;;;/h;;;;1-2H;1H2;;;;;;;;;;/q;+2;2*+1;;;+2;;;;6*-1. The van der Waals surface area contributed by atoms with E-state index in [0.717, 1.165) is 0 Å². The van der Waals surface area contributed by atoms with Gasteiger partial charge in [0.25, 0.3) is 0 Å². The molecule has 0 saturated heterocycles. The normalized spacial score (nSPS) is 2.40. The van der Waals surface area contributed by atoms with Gasteiger partial charge in [-0.1, -0.05) is 0 Å². The Morgan fingerprint density at radius 2 is 1.30 bits per heavy atom. The summed E-state index contributed by atoms with van der Waals surface area (Å²) in [7, 11) is -3.13. The van der Waals surface area contributed by atoms with Crippen LogP contribution in [0.5, 0.6) is 0 Å². The molecule has 0 aromatic rings. The van der Waals surface area contributed by atoms with Crippen molar-refractivity contribution in [3.8, 4) is 0 Å². The zero-order valence-electron chi connectivity index (χ0n) is 11.7. The largest absolute Gasteiger partial charge is 2.00 e. The van der Waals surface area contributed by atoms with Crippen LogP contribution in [0.4, 0.5) is 0 Å². The monoisotopic (exact) mass is 322 g/mol. The van der Waals surface area contributed by atoms with Crippen molar-refractivity contribution < 1.29 is 109 Å². The minimum atomic E-state index is -3.13. The van der Waals surface area contributed by atoms with E-state index in [1.54, 1.807) is 0 Å². The molecule has 0 aromatic heterocycles. The summed E-state index contributed by atoms with van der Waals surface area (Å²) < 4.78 is 8.74. The van der Waals surface area contributed by atoms with Crippen molar-refractivity contribution in [2.45, 2.75) is 0 Å². The summed E-state index contributed by atoms with van der Waals surface area (Å²) >= 11 is 0. The first kappa shape index (κ1) is 45.1. The summed E-state index contributed by atoms with van der Waals surface area (Å²) in [5.41, 5.74) is 0. The summed E-state index contributed by atoms with van der Waals surface area (Å²) in [6.07, 6.45) is 0. The van der Waals surface area contributed by atoms with Gasteiger partial charge in [0.2, 0.25) is 0 Å². The van der Waals surface area contributed by atoms with Gasteiger partial charge < -0.3 is 23.6 Å². The Bertz CT molecular complexity index is 63.5. The predicted molar refractivity (Wildman–Crippen MR) is 42.6 cm³/mol. The molecule has 50 valence electrons. The van der Waals surface area contributed by atoms with Crippen molar-refractivity contribution in [1.29, 1.82) is 0 Å². The Kier molecular flexibility index (Phi) is 165. The van der Waals surface area contributed by atoms with Crippen LogP contribution in [0, 0.1) is 0 Å². The van der Waals surface area contributed by atoms with Crippen LogP contribution in [-0.2, 0) is 4.46 Å². The van der Waals surface area contributed by atoms with E-state index >= 15 is 0 Å². The summed E-state index contributed by atoms with van der Waals surface area (Å²) in [5.74, 6) is 0. The van der Waals surface area contributed by atoms with Gasteiger partial charge in [-0.2, -0.15) is 0 Å². The minimum absolute atomic E-state index is 0. The van der Waals surface area contributed by atoms with Gasteiger partial charge in [0, 0.05) is 0 Å². The molecule has 0 amide bonds. The first-order valence-electron chi connectivity index (χ1n) is 0.651. The van der Waals surface area contributed by atoms with E-state index in [-0.39, 0.29) is 196 Å². The Hall–Kier alpha value is 5.49. The van der Waals surface area contributed by atoms with Crippen molar-refractivity contribution in [2.75, 3.05) is 0 Å². The van der Waals surface area contributed by atoms with E-state index in [1.165, 1.54) is 0 Å². The molecule has 0 spiro atoms. The van der Waals surface area contributed by atoms with Gasteiger partial charge in [-0.15, -0.1) is 0 Å². The molecule has 4 nitrogen and oxygen atoms in total. The molecule has 0 rings (SSSR count). The summed E-state index contributed by atoms with van der Waals surface area (Å²) in [4.78, 5) is 14.3. The molecule has 10 heteroatoms. The van der Waals surface area contributed by atoms with Gasteiger partial charge in [-0.25, -0.2) is 0 Å². The maximum Gasteiger partial charge on any atom is 2.00 e. The van der Waals surface area contributed by atoms with Crippen LogP contribution in [0.1, 0.15) is 8.56 Å². The predicted octanol–water partition coefficient (Wildman–Crippen LogP) is -9.70. The smallest absolute Gasteiger partial charge is 1.00 e. The minimum Gasteiger partial charge on any atom is -1.00 e. The second-order valence-electron chi connectivity index (χ2n) is 0.283. The van der Waals surface area contributed by atoms with Crippen molar-refractivity contribution in [3.63, 3.8) is 0 Å². The fourth-order valence-corrected chi connectivity index (χ4v) is 0. The van der Waals surface area contributed by atoms with Crippen LogP contribution in [-0.4, -0.2) is 125 Å². The van der Waals surface area contributed by atoms with Crippen LogP contribution in [0.3, 0.4) is 0 Å². The number of hydrogen-bond donors (Lipinski definition) is 2. The van der Waals surface area contributed by atoms with E-state index in [1.807, 2.05) is 0 Å². The maximum absolute atomic E-state index is 8.74. The van der Waals surface area contributed by atoms with E-state index in [0.29, 0.717) is 0 Å². The zero-order valence-corrected chi connectivity index (χ0v) is 17.5. The molecule has 0 bridgehead atoms. The molecular weight excluding hydrogens is 309 g/mol. The van der Waals surface area contributed by atoms with Gasteiger partial charge in [-0.3, -0.25) is 4.46 Å². The Morgan fingerprint density at radius 3 is 1.30 bits per heavy atom. The van der Waals surface area contributed by atoms with Crippen molar-refractivity contribution in [2.24, 2.45) is 0 Å². The molecule has 0 aromatic carbocycles. The molecular formula is H13AlCaKNaO4SiSr. The molecule has 4 N–H and O–H groups in total. The van der Waals surface area contributed by atoms with Crippen LogP contribution in [0.2, 0.25) is 0 Å². The summed E-state index contributed by atoms with van der Waals surface area (Å²) in [6, 6.07) is 0. The van der Waals surface area contributed by atoms with Crippen LogP contribution in [0.25, 0.3) is 0 Å². The fourth-order valence-electron chi connectivity index (χ4n) is 0. The zero-order chi connectivity index (χ0) is 3.58. The fraction of sp³-hybridized carbons (Fsp3) is 0. The molecule has 0 aliphatic heterocycles. The third-order valence-corrected chi connectivity index (χ3v) is 0. The van der Waals surface area contributed by atoms with Crippen LogP contribution in [0.15, 0.2) is 0 Å². The topological polar surface area (TPSA) is 89.0 Å². The SMILES string of the molecule is O.O=[Si](O)O.[AlH3].[Ca+2].[H-].[H-].[H-].[H-].[H-].[H-].[K+].[Na+].[Sr+2]. The van der Waals surface area contributed by atoms with E-state index < -0.39 is 9.17 Å². The first-order chi connectivity index (χ1) is 1.73. The Morgan fingerprint density at radius 1 is 1.30 bits per heavy atom. The van der Waals surface area contributed by atoms with Crippen molar-refractivity contribution in [3.05, 3.63) is 0 Å². The maximum atomic E-state index is 8.74. The molecule has 0 atom stereocenters. The molecule has 0 unspecified atom stereocenters. The molecule has 0 saturated carbocycles. The number of hydrogen-bond acceptors (Lipinski definition) is 1. The molecule has 0 fully saturated rings. The second-order valence-corrected chi connectivity index (χ2v) is 0.848. The summed E-state index contributed by atoms with van der Waals surface area (Å²) in [6.45, 7) is 0. The quantitative estimate of drug-likeness (QED) is 0.434. The van der Waals surface area contributed by atoms with E-state index in [9.17, 15) is 0 Å². The van der Waals surface area contributed by atoms with Crippen molar-refractivity contribution >= 4 is 110 Å². The second kappa shape index (κ2) is 36.6. The van der Waals surface area contributed by atoms with Crippen LogP contribution < -0.4 is 80.9 Å². The van der Waals surface area contributed by atoms with Crippen LogP contribution >= 0.6 is 0 Å². The Labute approximate surface area is 213 Å². The number of rotatable bonds is 0. The van der Waals surface area contributed by atoms with Gasteiger partial charge in [-0.05, 0) is 0 Å². The molecule has 0 radical (unpaired) electrons. The van der Waals surface area contributed by atoms with Gasteiger partial charge in [0.1, 0.15) is 0 Å². The summed E-state index contributed by atoms with van der Waals surface area (Å²) in [5, 5.41) is 0. The van der Waals surface area contributed by atoms with E-state index in [4.69, 9.17) is 14.1 Å². The Balaban J connectivity index is -0.000000000682. The molecule has 0 heterocycles. The van der Waals surface area contributed by atoms with Gasteiger partial charge in [0.05, 0.1) is 0 Å². The third kappa shape index (κ3) is 69.9.